The van der Waals surface area contributed by atoms with Crippen molar-refractivity contribution in [2.24, 2.45) is 11.8 Å². The molecule has 0 spiro atoms. The second-order valence-electron chi connectivity index (χ2n) is 3.66. The number of fused-ring (bicyclic) bond motifs is 2. The van der Waals surface area contributed by atoms with Crippen LogP contribution >= 0.6 is 0 Å². The molecule has 3 aliphatic rings. The highest BCUT2D eigenvalue weighted by atomic mass is 16.5. The fourth-order valence-electron chi connectivity index (χ4n) is 2.11. The number of carbonyl (C=O) groups excluding carboxylic acids is 1. The van der Waals surface area contributed by atoms with Crippen molar-refractivity contribution >= 4 is 5.78 Å². The van der Waals surface area contributed by atoms with Crippen LogP contribution in [-0.4, -0.2) is 18.5 Å². The van der Waals surface area contributed by atoms with Crippen molar-refractivity contribution in [1.29, 1.82) is 5.26 Å². The van der Waals surface area contributed by atoms with Crippen LogP contribution in [0.3, 0.4) is 0 Å². The van der Waals surface area contributed by atoms with Gasteiger partial charge in [0.25, 0.3) is 0 Å². The van der Waals surface area contributed by atoms with Gasteiger partial charge in [0.1, 0.15) is 0 Å². The number of nitrogens with zero attached hydrogens (tertiary/aromatic N) is 1. The van der Waals surface area contributed by atoms with Crippen molar-refractivity contribution in [1.82, 2.24) is 0 Å². The van der Waals surface area contributed by atoms with Crippen LogP contribution in [0.25, 0.3) is 0 Å². The van der Waals surface area contributed by atoms with Crippen molar-refractivity contribution in [3.05, 3.63) is 24.3 Å². The van der Waals surface area contributed by atoms with Crippen molar-refractivity contribution < 1.29 is 9.53 Å². The number of carbonyl (C=O) groups is 1. The Morgan fingerprint density at radius 3 is 3.07 bits per heavy atom. The average Bonchev–Trinajstić information content (AvgIpc) is 2.47. The number of hydrogen-bond acceptors (Lipinski definition) is 3. The van der Waals surface area contributed by atoms with E-state index in [0.717, 1.165) is 0 Å². The molecule has 2 bridgehead atoms. The van der Waals surface area contributed by atoms with Crippen molar-refractivity contribution in [3.8, 4) is 6.07 Å². The maximum Gasteiger partial charge on any atom is 0.192 e. The van der Waals surface area contributed by atoms with Crippen LogP contribution < -0.4 is 0 Å². The molecule has 3 atom stereocenters. The Morgan fingerprint density at radius 1 is 1.64 bits per heavy atom. The highest BCUT2D eigenvalue weighted by Crippen LogP contribution is 2.38. The Morgan fingerprint density at radius 2 is 2.43 bits per heavy atom. The van der Waals surface area contributed by atoms with Gasteiger partial charge in [0.2, 0.25) is 0 Å². The molecule has 3 rings (SSSR count). The molecule has 3 nitrogen and oxygen atoms in total. The van der Waals surface area contributed by atoms with Gasteiger partial charge in [0, 0.05) is 7.11 Å². The number of rotatable bonds is 1. The molecule has 0 amide bonds. The number of ether oxygens (including phenoxy) is 1. The molecule has 14 heavy (non-hydrogen) atoms. The van der Waals surface area contributed by atoms with Crippen LogP contribution in [0.15, 0.2) is 24.3 Å². The lowest BCUT2D eigenvalue weighted by Gasteiger charge is -2.33. The number of nitriles is 1. The Kier molecular flexibility index (Phi) is 2.01. The van der Waals surface area contributed by atoms with Crippen LogP contribution in [0.5, 0.6) is 0 Å². The molecule has 0 fully saturated rings. The first-order valence-electron chi connectivity index (χ1n) is 4.59. The largest absolute Gasteiger partial charge is 0.365 e. The van der Waals surface area contributed by atoms with Gasteiger partial charge in [-0.05, 0) is 24.5 Å². The van der Waals surface area contributed by atoms with Crippen LogP contribution in [-0.2, 0) is 9.53 Å². The summed E-state index contributed by atoms with van der Waals surface area (Å²) in [5, 5.41) is 9.01. The van der Waals surface area contributed by atoms with Gasteiger partial charge in [0.15, 0.2) is 11.4 Å². The SMILES string of the molecule is COC12C=CC(C=CC1=O)CC2C#N. The summed E-state index contributed by atoms with van der Waals surface area (Å²) in [6.45, 7) is 0. The van der Waals surface area contributed by atoms with Gasteiger partial charge in [-0.3, -0.25) is 4.79 Å². The molecule has 0 N–H and O–H groups in total. The van der Waals surface area contributed by atoms with Crippen molar-refractivity contribution in [3.63, 3.8) is 0 Å². The van der Waals surface area contributed by atoms with E-state index in [2.05, 4.69) is 6.07 Å². The van der Waals surface area contributed by atoms with E-state index >= 15 is 0 Å². The summed E-state index contributed by atoms with van der Waals surface area (Å²) in [7, 11) is 1.48. The van der Waals surface area contributed by atoms with Crippen LogP contribution in [0.4, 0.5) is 0 Å². The predicted octanol–water partition coefficient (Wildman–Crippen LogP) is 1.23. The third-order valence-electron chi connectivity index (χ3n) is 2.99. The minimum absolute atomic E-state index is 0.122. The normalized spacial score (nSPS) is 39.6. The maximum atomic E-state index is 11.8. The van der Waals surface area contributed by atoms with E-state index in [0.29, 0.717) is 6.42 Å². The van der Waals surface area contributed by atoms with Gasteiger partial charge < -0.3 is 4.74 Å². The quantitative estimate of drug-likeness (QED) is 0.583. The predicted molar refractivity (Wildman–Crippen MR) is 50.2 cm³/mol. The molecule has 3 heteroatoms. The first-order valence-corrected chi connectivity index (χ1v) is 4.59. The first-order chi connectivity index (χ1) is 6.73. The molecule has 0 radical (unpaired) electrons. The molecule has 0 saturated heterocycles. The second kappa shape index (κ2) is 3.07. The topological polar surface area (TPSA) is 50.1 Å². The molecule has 72 valence electrons. The number of allylic oxidation sites excluding steroid dienone is 2. The number of hydrogen-bond donors (Lipinski definition) is 0. The summed E-state index contributed by atoms with van der Waals surface area (Å²) in [4.78, 5) is 11.8. The monoisotopic (exact) mass is 189 g/mol. The molecule has 0 saturated carbocycles. The van der Waals surface area contributed by atoms with Gasteiger partial charge in [-0.15, -0.1) is 0 Å². The first kappa shape index (κ1) is 9.17. The maximum absolute atomic E-state index is 11.8. The standard InChI is InChI=1S/C11H11NO2/c1-14-11-5-4-8(2-3-10(11)13)6-9(11)7-12/h2-5,8-9H,6H2,1H3. The lowest BCUT2D eigenvalue weighted by atomic mass is 9.76. The Labute approximate surface area is 82.7 Å². The summed E-state index contributed by atoms with van der Waals surface area (Å²) in [5.74, 6) is -0.290. The second-order valence-corrected chi connectivity index (χ2v) is 3.66. The molecule has 0 aliphatic heterocycles. The summed E-state index contributed by atoms with van der Waals surface area (Å²) in [6, 6.07) is 2.16. The molecule has 3 aliphatic carbocycles. The van der Waals surface area contributed by atoms with Gasteiger partial charge in [-0.2, -0.15) is 5.26 Å². The van der Waals surface area contributed by atoms with Gasteiger partial charge in [0.05, 0.1) is 12.0 Å². The van der Waals surface area contributed by atoms with E-state index in [-0.39, 0.29) is 17.6 Å². The van der Waals surface area contributed by atoms with Crippen LogP contribution in [0.1, 0.15) is 6.42 Å². The molecule has 0 aromatic heterocycles. The molecule has 0 aromatic carbocycles. The lowest BCUT2D eigenvalue weighted by Crippen LogP contribution is -2.45. The van der Waals surface area contributed by atoms with E-state index in [9.17, 15) is 4.79 Å². The zero-order valence-corrected chi connectivity index (χ0v) is 7.93. The van der Waals surface area contributed by atoms with Crippen molar-refractivity contribution in [2.75, 3.05) is 7.11 Å². The highest BCUT2D eigenvalue weighted by molar-refractivity contribution is 6.00. The minimum Gasteiger partial charge on any atom is -0.365 e. The average molecular weight is 189 g/mol. The summed E-state index contributed by atoms with van der Waals surface area (Å²) in [5.41, 5.74) is -1.03. The van der Waals surface area contributed by atoms with E-state index in [1.165, 1.54) is 13.2 Å². The highest BCUT2D eigenvalue weighted by Gasteiger charge is 2.47. The number of methoxy groups -OCH3 is 1. The molecule has 0 heterocycles. The van der Waals surface area contributed by atoms with Crippen LogP contribution in [0.2, 0.25) is 0 Å². The van der Waals surface area contributed by atoms with E-state index < -0.39 is 5.60 Å². The lowest BCUT2D eigenvalue weighted by molar-refractivity contribution is -0.134. The number of ketones is 1. The fraction of sp³-hybridized carbons (Fsp3) is 0.455. The Hall–Kier alpha value is -1.40. The smallest absolute Gasteiger partial charge is 0.192 e. The molecule has 3 unspecified atom stereocenters. The van der Waals surface area contributed by atoms with Gasteiger partial charge in [-0.25, -0.2) is 0 Å². The third kappa shape index (κ3) is 1.04. The summed E-state index contributed by atoms with van der Waals surface area (Å²) < 4.78 is 5.25. The van der Waals surface area contributed by atoms with Crippen molar-refractivity contribution in [2.45, 2.75) is 12.0 Å². The third-order valence-corrected chi connectivity index (χ3v) is 2.99. The fourth-order valence-corrected chi connectivity index (χ4v) is 2.11. The Bertz CT molecular complexity index is 364. The molecule has 0 aromatic rings. The zero-order valence-electron chi connectivity index (χ0n) is 7.93. The van der Waals surface area contributed by atoms with Gasteiger partial charge in [-0.1, -0.05) is 12.2 Å². The van der Waals surface area contributed by atoms with E-state index in [1.54, 1.807) is 6.08 Å². The van der Waals surface area contributed by atoms with Crippen LogP contribution in [0, 0.1) is 23.2 Å². The summed E-state index contributed by atoms with van der Waals surface area (Å²) in [6.07, 6.45) is 7.72. The Balaban J connectivity index is 2.53. The van der Waals surface area contributed by atoms with Gasteiger partial charge >= 0.3 is 0 Å². The molecular formula is C11H11NO2. The van der Waals surface area contributed by atoms with E-state index in [4.69, 9.17) is 10.00 Å². The summed E-state index contributed by atoms with van der Waals surface area (Å²) >= 11 is 0. The molecular weight excluding hydrogens is 178 g/mol. The minimum atomic E-state index is -1.03. The van der Waals surface area contributed by atoms with E-state index in [1.807, 2.05) is 12.2 Å². The zero-order chi connectivity index (χ0) is 10.2.